The van der Waals surface area contributed by atoms with Crippen molar-refractivity contribution in [2.24, 2.45) is 0 Å². The zero-order valence-electron chi connectivity index (χ0n) is 12.0. The van der Waals surface area contributed by atoms with Crippen LogP contribution in [0.1, 0.15) is 13.8 Å². The highest BCUT2D eigenvalue weighted by Gasteiger charge is 2.05. The van der Waals surface area contributed by atoms with E-state index in [1.807, 2.05) is 36.4 Å². The highest BCUT2D eigenvalue weighted by molar-refractivity contribution is 5.91. The van der Waals surface area contributed by atoms with Crippen LogP contribution in [-0.2, 0) is 0 Å². The summed E-state index contributed by atoms with van der Waals surface area (Å²) in [7, 11) is 0. The predicted octanol–water partition coefficient (Wildman–Crippen LogP) is 3.59. The molecule has 3 aromatic rings. The van der Waals surface area contributed by atoms with Gasteiger partial charge in [-0.05, 0) is 32.0 Å². The van der Waals surface area contributed by atoms with Crippen molar-refractivity contribution in [3.05, 3.63) is 48.8 Å². The van der Waals surface area contributed by atoms with E-state index in [-0.39, 0.29) is 0 Å². The maximum absolute atomic E-state index is 4.45. The number of hydrogen-bond acceptors (Lipinski definition) is 5. The molecule has 5 nitrogen and oxygen atoms in total. The summed E-state index contributed by atoms with van der Waals surface area (Å²) >= 11 is 0. The van der Waals surface area contributed by atoms with Crippen molar-refractivity contribution in [2.45, 2.75) is 19.9 Å². The highest BCUT2D eigenvalue weighted by Crippen LogP contribution is 2.23. The third-order valence-corrected chi connectivity index (χ3v) is 2.97. The second kappa shape index (κ2) is 5.75. The van der Waals surface area contributed by atoms with Crippen molar-refractivity contribution in [1.82, 2.24) is 15.0 Å². The van der Waals surface area contributed by atoms with Crippen molar-refractivity contribution >= 4 is 28.4 Å². The van der Waals surface area contributed by atoms with Crippen LogP contribution in [0, 0.1) is 0 Å². The average molecular weight is 279 g/mol. The van der Waals surface area contributed by atoms with E-state index >= 15 is 0 Å². The average Bonchev–Trinajstić information content (AvgIpc) is 2.47. The van der Waals surface area contributed by atoms with Crippen molar-refractivity contribution in [3.8, 4) is 0 Å². The first-order valence-electron chi connectivity index (χ1n) is 6.93. The SMILES string of the molecule is CC(C)Nc1ccnc(Nc2cccc3cccnc23)n1. The van der Waals surface area contributed by atoms with Gasteiger partial charge < -0.3 is 10.6 Å². The number of fused-ring (bicyclic) bond motifs is 1. The molecule has 0 bridgehead atoms. The molecule has 0 aliphatic heterocycles. The van der Waals surface area contributed by atoms with Gasteiger partial charge in [-0.2, -0.15) is 4.98 Å². The smallest absolute Gasteiger partial charge is 0.229 e. The molecular formula is C16H17N5. The Bertz CT molecular complexity index is 749. The molecule has 0 amide bonds. The summed E-state index contributed by atoms with van der Waals surface area (Å²) in [6.45, 7) is 4.15. The summed E-state index contributed by atoms with van der Waals surface area (Å²) in [6.07, 6.45) is 3.52. The topological polar surface area (TPSA) is 62.7 Å². The molecule has 106 valence electrons. The van der Waals surface area contributed by atoms with Crippen LogP contribution in [0.25, 0.3) is 10.9 Å². The van der Waals surface area contributed by atoms with Gasteiger partial charge in [-0.3, -0.25) is 4.98 Å². The predicted molar refractivity (Wildman–Crippen MR) is 85.8 cm³/mol. The second-order valence-corrected chi connectivity index (χ2v) is 5.07. The Morgan fingerprint density at radius 3 is 2.67 bits per heavy atom. The molecule has 2 N–H and O–H groups in total. The van der Waals surface area contributed by atoms with E-state index in [4.69, 9.17) is 0 Å². The number of para-hydroxylation sites is 1. The number of nitrogens with one attached hydrogen (secondary N) is 2. The molecule has 0 spiro atoms. The third-order valence-electron chi connectivity index (χ3n) is 2.97. The van der Waals surface area contributed by atoms with Gasteiger partial charge in [-0.1, -0.05) is 18.2 Å². The van der Waals surface area contributed by atoms with Gasteiger partial charge in [-0.15, -0.1) is 0 Å². The molecule has 0 atom stereocenters. The fourth-order valence-electron chi connectivity index (χ4n) is 2.12. The summed E-state index contributed by atoms with van der Waals surface area (Å²) in [5.41, 5.74) is 1.81. The molecule has 3 rings (SSSR count). The number of pyridine rings is 1. The van der Waals surface area contributed by atoms with Crippen LogP contribution in [0.3, 0.4) is 0 Å². The molecule has 1 aromatic carbocycles. The highest BCUT2D eigenvalue weighted by atomic mass is 15.1. The van der Waals surface area contributed by atoms with Gasteiger partial charge >= 0.3 is 0 Å². The van der Waals surface area contributed by atoms with Crippen molar-refractivity contribution in [3.63, 3.8) is 0 Å². The zero-order chi connectivity index (χ0) is 14.7. The number of rotatable bonds is 4. The molecule has 2 heterocycles. The molecule has 0 saturated carbocycles. The van der Waals surface area contributed by atoms with E-state index in [9.17, 15) is 0 Å². The van der Waals surface area contributed by atoms with E-state index in [1.165, 1.54) is 0 Å². The van der Waals surface area contributed by atoms with Gasteiger partial charge in [0, 0.05) is 23.8 Å². The minimum absolute atomic E-state index is 0.326. The standard InChI is InChI=1S/C16H17N5/c1-11(2)19-14-8-10-18-16(21-14)20-13-7-3-5-12-6-4-9-17-15(12)13/h3-11H,1-2H3,(H2,18,19,20,21). The Balaban J connectivity index is 1.92. The van der Waals surface area contributed by atoms with Crippen molar-refractivity contribution in [1.29, 1.82) is 0 Å². The van der Waals surface area contributed by atoms with E-state index in [1.54, 1.807) is 12.4 Å². The number of hydrogen-bond donors (Lipinski definition) is 2. The minimum atomic E-state index is 0.326. The summed E-state index contributed by atoms with van der Waals surface area (Å²) in [4.78, 5) is 13.1. The van der Waals surface area contributed by atoms with Gasteiger partial charge in [0.25, 0.3) is 0 Å². The molecule has 0 fully saturated rings. The molecule has 5 heteroatoms. The van der Waals surface area contributed by atoms with E-state index in [2.05, 4.69) is 39.4 Å². The Morgan fingerprint density at radius 1 is 0.952 bits per heavy atom. The third kappa shape index (κ3) is 3.08. The lowest BCUT2D eigenvalue weighted by atomic mass is 10.2. The molecule has 2 aromatic heterocycles. The maximum Gasteiger partial charge on any atom is 0.229 e. The van der Waals surface area contributed by atoms with Gasteiger partial charge in [0.15, 0.2) is 0 Å². The quantitative estimate of drug-likeness (QED) is 0.764. The molecule has 21 heavy (non-hydrogen) atoms. The Morgan fingerprint density at radius 2 is 1.81 bits per heavy atom. The lowest BCUT2D eigenvalue weighted by Crippen LogP contribution is -2.11. The van der Waals surface area contributed by atoms with Crippen LogP contribution in [0.2, 0.25) is 0 Å². The largest absolute Gasteiger partial charge is 0.368 e. The molecule has 0 radical (unpaired) electrons. The summed E-state index contributed by atoms with van der Waals surface area (Å²) in [6, 6.07) is 12.1. The van der Waals surface area contributed by atoms with E-state index in [0.717, 1.165) is 22.4 Å². The molecule has 0 unspecified atom stereocenters. The number of anilines is 3. The number of nitrogens with zero attached hydrogens (tertiary/aromatic N) is 3. The van der Waals surface area contributed by atoms with Crippen LogP contribution >= 0.6 is 0 Å². The molecule has 0 aliphatic carbocycles. The fourth-order valence-corrected chi connectivity index (χ4v) is 2.12. The number of aromatic nitrogens is 3. The summed E-state index contributed by atoms with van der Waals surface area (Å²) in [5.74, 6) is 1.36. The molecule has 0 saturated heterocycles. The first-order valence-corrected chi connectivity index (χ1v) is 6.93. The van der Waals surface area contributed by atoms with Crippen LogP contribution in [0.4, 0.5) is 17.5 Å². The fraction of sp³-hybridized carbons (Fsp3) is 0.188. The first-order chi connectivity index (χ1) is 10.2. The van der Waals surface area contributed by atoms with Gasteiger partial charge in [0.1, 0.15) is 5.82 Å². The van der Waals surface area contributed by atoms with Crippen LogP contribution < -0.4 is 10.6 Å². The second-order valence-electron chi connectivity index (χ2n) is 5.07. The first kappa shape index (κ1) is 13.3. The normalized spacial score (nSPS) is 10.8. The Hall–Kier alpha value is -2.69. The van der Waals surface area contributed by atoms with Gasteiger partial charge in [0.05, 0.1) is 11.2 Å². The zero-order valence-corrected chi connectivity index (χ0v) is 12.0. The van der Waals surface area contributed by atoms with Crippen molar-refractivity contribution in [2.75, 3.05) is 10.6 Å². The monoisotopic (exact) mass is 279 g/mol. The van der Waals surface area contributed by atoms with Crippen LogP contribution in [0.15, 0.2) is 48.8 Å². The molecular weight excluding hydrogens is 262 g/mol. The summed E-state index contributed by atoms with van der Waals surface area (Å²) in [5, 5.41) is 7.58. The van der Waals surface area contributed by atoms with Crippen LogP contribution in [-0.4, -0.2) is 21.0 Å². The Labute approximate surface area is 123 Å². The minimum Gasteiger partial charge on any atom is -0.368 e. The van der Waals surface area contributed by atoms with Crippen LogP contribution in [0.5, 0.6) is 0 Å². The van der Waals surface area contributed by atoms with Gasteiger partial charge in [-0.25, -0.2) is 4.98 Å². The van der Waals surface area contributed by atoms with E-state index < -0.39 is 0 Å². The maximum atomic E-state index is 4.45. The molecule has 0 aliphatic rings. The van der Waals surface area contributed by atoms with Gasteiger partial charge in [0.2, 0.25) is 5.95 Å². The summed E-state index contributed by atoms with van der Waals surface area (Å²) < 4.78 is 0. The Kier molecular flexibility index (Phi) is 3.64. The number of benzene rings is 1. The lowest BCUT2D eigenvalue weighted by molar-refractivity contribution is 0.887. The lowest BCUT2D eigenvalue weighted by Gasteiger charge is -2.11. The van der Waals surface area contributed by atoms with Crippen molar-refractivity contribution < 1.29 is 0 Å². The van der Waals surface area contributed by atoms with E-state index in [0.29, 0.717) is 12.0 Å².